The summed E-state index contributed by atoms with van der Waals surface area (Å²) < 4.78 is 34.8. The van der Waals surface area contributed by atoms with Crippen molar-refractivity contribution in [2.24, 2.45) is 0 Å². The molecule has 2 atom stereocenters. The van der Waals surface area contributed by atoms with Gasteiger partial charge in [0.15, 0.2) is 6.10 Å². The Balaban J connectivity index is 3.98. The van der Waals surface area contributed by atoms with Crippen LogP contribution in [0.2, 0.25) is 0 Å². The molecule has 0 bridgehead atoms. The molecule has 0 fully saturated rings. The van der Waals surface area contributed by atoms with E-state index in [0.29, 0.717) is 17.4 Å². The monoisotopic (exact) mass is 1380 g/mol. The average Bonchev–Trinajstić information content (AvgIpc) is 1.08. The highest BCUT2D eigenvalue weighted by Gasteiger charge is 2.27. The first-order valence-electron chi connectivity index (χ1n) is 40.2. The molecule has 10 heteroatoms. The van der Waals surface area contributed by atoms with E-state index in [2.05, 4.69) is 172 Å². The van der Waals surface area contributed by atoms with Crippen LogP contribution in [0.4, 0.5) is 0 Å². The van der Waals surface area contributed by atoms with E-state index in [-0.39, 0.29) is 32.0 Å². The molecule has 0 aromatic carbocycles. The van der Waals surface area contributed by atoms with Crippen molar-refractivity contribution in [3.63, 3.8) is 0 Å². The van der Waals surface area contributed by atoms with Crippen molar-refractivity contribution in [3.05, 3.63) is 158 Å². The minimum absolute atomic E-state index is 0.0277. The van der Waals surface area contributed by atoms with Crippen LogP contribution in [0.25, 0.3) is 0 Å². The zero-order valence-electron chi connectivity index (χ0n) is 64.0. The third kappa shape index (κ3) is 80.6. The van der Waals surface area contributed by atoms with Crippen molar-refractivity contribution in [2.45, 2.75) is 341 Å². The van der Waals surface area contributed by atoms with Gasteiger partial charge in [0.1, 0.15) is 19.8 Å². The molecule has 98 heavy (non-hydrogen) atoms. The van der Waals surface area contributed by atoms with Gasteiger partial charge in [-0.25, -0.2) is 4.57 Å². The molecule has 560 valence electrons. The molecule has 0 amide bonds. The summed E-state index contributed by atoms with van der Waals surface area (Å²) in [5, 5.41) is 0. The second-order valence-electron chi connectivity index (χ2n) is 27.7. The minimum atomic E-state index is -4.40. The predicted octanol–water partition coefficient (Wildman–Crippen LogP) is 27.1. The Morgan fingerprint density at radius 1 is 0.316 bits per heavy atom. The highest BCUT2D eigenvalue weighted by Crippen LogP contribution is 2.43. The number of unbranched alkanes of at least 4 members (excludes halogenated alkanes) is 33. The van der Waals surface area contributed by atoms with Gasteiger partial charge in [-0.05, 0) is 122 Å². The number of hydrogen-bond donors (Lipinski definition) is 1. The maximum Gasteiger partial charge on any atom is 0.472 e. The molecule has 0 radical (unpaired) electrons. The Morgan fingerprint density at radius 2 is 0.551 bits per heavy atom. The van der Waals surface area contributed by atoms with Crippen LogP contribution in [-0.2, 0) is 32.7 Å². The van der Waals surface area contributed by atoms with Crippen LogP contribution in [0, 0.1) is 0 Å². The highest BCUT2D eigenvalue weighted by molar-refractivity contribution is 7.47. The molecule has 0 aliphatic heterocycles. The number of esters is 2. The molecule has 0 heterocycles. The number of rotatable bonds is 73. The van der Waals surface area contributed by atoms with E-state index < -0.39 is 26.5 Å². The predicted molar refractivity (Wildman–Crippen MR) is 426 cm³/mol. The molecular formula is C88H151NO8P+. The number of carbonyl (C=O) groups is 2. The summed E-state index contributed by atoms with van der Waals surface area (Å²) in [5.74, 6) is -0.791. The van der Waals surface area contributed by atoms with Crippen LogP contribution >= 0.6 is 7.82 Å². The summed E-state index contributed by atoms with van der Waals surface area (Å²) in [6.45, 7) is 4.23. The smallest absolute Gasteiger partial charge is 0.462 e. The van der Waals surface area contributed by atoms with Gasteiger partial charge in [0.2, 0.25) is 0 Å². The molecule has 9 nitrogen and oxygen atoms in total. The number of allylic oxidation sites excluding steroid dienone is 26. The van der Waals surface area contributed by atoms with Gasteiger partial charge in [0.05, 0.1) is 27.7 Å². The molecule has 0 aromatic rings. The second-order valence-corrected chi connectivity index (χ2v) is 29.1. The Hall–Kier alpha value is -4.37. The molecule has 0 saturated heterocycles. The Kier molecular flexibility index (Phi) is 73.4. The molecule has 0 aliphatic carbocycles. The van der Waals surface area contributed by atoms with Crippen molar-refractivity contribution in [3.8, 4) is 0 Å². The number of phosphoric ester groups is 1. The van der Waals surface area contributed by atoms with E-state index >= 15 is 0 Å². The third-order valence-electron chi connectivity index (χ3n) is 17.1. The molecule has 2 unspecified atom stereocenters. The molecule has 0 aliphatic rings. The van der Waals surface area contributed by atoms with Crippen molar-refractivity contribution in [1.29, 1.82) is 0 Å². The first-order chi connectivity index (χ1) is 48.0. The van der Waals surface area contributed by atoms with E-state index in [1.54, 1.807) is 0 Å². The Labute approximate surface area is 605 Å². The number of likely N-dealkylation sites (N-methyl/N-ethyl adjacent to an activating group) is 1. The summed E-state index contributed by atoms with van der Waals surface area (Å²) in [5.41, 5.74) is 0. The van der Waals surface area contributed by atoms with Crippen molar-refractivity contribution >= 4 is 19.8 Å². The van der Waals surface area contributed by atoms with Gasteiger partial charge in [0.25, 0.3) is 0 Å². The normalized spacial score (nSPS) is 13.9. The van der Waals surface area contributed by atoms with E-state index in [9.17, 15) is 19.0 Å². The molecule has 0 spiro atoms. The van der Waals surface area contributed by atoms with Gasteiger partial charge in [-0.2, -0.15) is 0 Å². The van der Waals surface area contributed by atoms with Crippen molar-refractivity contribution in [2.75, 3.05) is 47.5 Å². The van der Waals surface area contributed by atoms with Gasteiger partial charge < -0.3 is 18.9 Å². The number of quaternary nitrogens is 1. The number of phosphoric acid groups is 1. The fraction of sp³-hybridized carbons (Fsp3) is 0.682. The summed E-state index contributed by atoms with van der Waals surface area (Å²) >= 11 is 0. The van der Waals surface area contributed by atoms with Crippen LogP contribution < -0.4 is 0 Å². The van der Waals surface area contributed by atoms with Crippen molar-refractivity contribution in [1.82, 2.24) is 0 Å². The molecule has 0 saturated carbocycles. The lowest BCUT2D eigenvalue weighted by atomic mass is 10.0. The Morgan fingerprint density at radius 3 is 0.816 bits per heavy atom. The lowest BCUT2D eigenvalue weighted by Gasteiger charge is -2.24. The van der Waals surface area contributed by atoms with Crippen LogP contribution in [0.3, 0.4) is 0 Å². The summed E-state index contributed by atoms with van der Waals surface area (Å²) in [4.78, 5) is 36.0. The number of nitrogens with zero attached hydrogens (tertiary/aromatic N) is 1. The minimum Gasteiger partial charge on any atom is -0.462 e. The fourth-order valence-corrected chi connectivity index (χ4v) is 11.7. The topological polar surface area (TPSA) is 108 Å². The number of hydrogen-bond acceptors (Lipinski definition) is 7. The van der Waals surface area contributed by atoms with Crippen LogP contribution in [0.15, 0.2) is 158 Å². The lowest BCUT2D eigenvalue weighted by Crippen LogP contribution is -2.37. The van der Waals surface area contributed by atoms with E-state index in [0.717, 1.165) is 122 Å². The third-order valence-corrected chi connectivity index (χ3v) is 18.0. The van der Waals surface area contributed by atoms with Crippen LogP contribution in [0.5, 0.6) is 0 Å². The average molecular weight is 1380 g/mol. The lowest BCUT2D eigenvalue weighted by molar-refractivity contribution is -0.870. The quantitative estimate of drug-likeness (QED) is 0.0211. The molecular weight excluding hydrogens is 1230 g/mol. The van der Waals surface area contributed by atoms with Crippen LogP contribution in [0.1, 0.15) is 335 Å². The summed E-state index contributed by atoms with van der Waals surface area (Å²) in [7, 11) is 1.48. The standard InChI is InChI=1S/C88H150NO8P/c1-6-8-10-12-14-16-18-20-22-24-26-28-30-32-34-36-38-40-41-42-43-44-45-46-47-49-51-53-55-57-59-61-63-65-67-69-71-73-75-77-79-81-88(91)97-86(85-96-98(92,93)95-83-82-89(3,4)5)84-94-87(90)80-78-76-74-72-70-68-66-64-62-60-58-56-54-52-50-48-39-37-35-33-31-29-27-25-23-21-19-17-15-13-11-9-7-2/h8-11,14-17,20-23,26-29,32-35,38,40,42-43,45-46,86H,6-7,12-13,18-19,24-25,30-31,36-37,39,41,44,47-85H2,1-5H3/p+1/b10-8-,11-9-,16-14-,17-15-,22-20-,23-21-,28-26-,29-27-,34-32-,35-33-,40-38-,43-42-,46-45-. The number of ether oxygens (including phenoxy) is 2. The molecule has 1 N–H and O–H groups in total. The van der Waals surface area contributed by atoms with Gasteiger partial charge in [0, 0.05) is 12.8 Å². The van der Waals surface area contributed by atoms with Gasteiger partial charge in [-0.3, -0.25) is 18.6 Å². The first-order valence-corrected chi connectivity index (χ1v) is 41.7. The van der Waals surface area contributed by atoms with Crippen molar-refractivity contribution < 1.29 is 42.1 Å². The maximum atomic E-state index is 12.9. The summed E-state index contributed by atoms with van der Waals surface area (Å²) in [6.07, 6.45) is 115. The van der Waals surface area contributed by atoms with E-state index in [1.807, 2.05) is 21.1 Å². The zero-order chi connectivity index (χ0) is 71.1. The number of carbonyl (C=O) groups excluding carboxylic acids is 2. The molecule has 0 aromatic heterocycles. The van der Waals surface area contributed by atoms with E-state index in [4.69, 9.17) is 18.5 Å². The second kappa shape index (κ2) is 76.8. The fourth-order valence-electron chi connectivity index (χ4n) is 11.0. The highest BCUT2D eigenvalue weighted by atomic mass is 31.2. The SMILES string of the molecule is CC/C=C\C/C=C\C/C=C\C/C=C\C/C=C\C/C=C\C/C=C\C/C=C\CCCCCCCCCCCCCCCCCCC(=O)OC(COC(=O)CCCCCCCCCCCCCCCCCCC/C=C\C/C=C\C/C=C\C/C=C\C/C=C\CC)COP(=O)(O)OCC[N+](C)(C)C. The maximum absolute atomic E-state index is 12.9. The zero-order valence-corrected chi connectivity index (χ0v) is 64.9. The first kappa shape index (κ1) is 93.6. The Bertz CT molecular complexity index is 2220. The molecule has 0 rings (SSSR count). The van der Waals surface area contributed by atoms with Gasteiger partial charge in [-0.1, -0.05) is 358 Å². The van der Waals surface area contributed by atoms with Crippen LogP contribution in [-0.4, -0.2) is 74.9 Å². The van der Waals surface area contributed by atoms with Gasteiger partial charge >= 0.3 is 19.8 Å². The largest absolute Gasteiger partial charge is 0.472 e. The summed E-state index contributed by atoms with van der Waals surface area (Å²) in [6, 6.07) is 0. The van der Waals surface area contributed by atoms with E-state index in [1.165, 1.54) is 180 Å². The van der Waals surface area contributed by atoms with Gasteiger partial charge in [-0.15, -0.1) is 0 Å².